The van der Waals surface area contributed by atoms with Crippen LogP contribution in [0.2, 0.25) is 0 Å². The summed E-state index contributed by atoms with van der Waals surface area (Å²) in [7, 11) is 0. The first-order chi connectivity index (χ1) is 12.6. The third-order valence-electron chi connectivity index (χ3n) is 4.53. The first-order valence-electron chi connectivity index (χ1n) is 8.31. The largest absolute Gasteiger partial charge is 0.454 e. The molecule has 0 saturated carbocycles. The van der Waals surface area contributed by atoms with Crippen LogP contribution < -0.4 is 20.5 Å². The van der Waals surface area contributed by atoms with Crippen molar-refractivity contribution in [2.75, 3.05) is 25.2 Å². The summed E-state index contributed by atoms with van der Waals surface area (Å²) in [4.78, 5) is 29.9. The Morgan fingerprint density at radius 2 is 2.00 bits per heavy atom. The number of piperidine rings is 1. The summed E-state index contributed by atoms with van der Waals surface area (Å²) in [5, 5.41) is 5.53. The van der Waals surface area contributed by atoms with E-state index in [9.17, 15) is 9.59 Å². The number of anilines is 2. The molecule has 26 heavy (non-hydrogen) atoms. The number of carbonyl (C=O) groups is 2. The van der Waals surface area contributed by atoms with Gasteiger partial charge >= 0.3 is 0 Å². The lowest BCUT2D eigenvalue weighted by molar-refractivity contribution is -0.123. The number of likely N-dealkylation sites (tertiary alicyclic amines) is 1. The Balaban J connectivity index is 1.40. The average Bonchev–Trinajstić information content (AvgIpc) is 3.30. The number of amides is 2. The molecular formula is C17H18N4O4S. The maximum Gasteiger partial charge on any atom is 0.273 e. The van der Waals surface area contributed by atoms with Gasteiger partial charge < -0.3 is 25.4 Å². The number of hydrogen-bond donors (Lipinski definition) is 2. The second kappa shape index (κ2) is 6.83. The molecule has 4 rings (SSSR count). The van der Waals surface area contributed by atoms with E-state index in [1.54, 1.807) is 10.3 Å². The van der Waals surface area contributed by atoms with Crippen molar-refractivity contribution in [3.05, 3.63) is 29.3 Å². The summed E-state index contributed by atoms with van der Waals surface area (Å²) in [6.07, 6.45) is 1.21. The zero-order valence-corrected chi connectivity index (χ0v) is 14.8. The Morgan fingerprint density at radius 1 is 1.23 bits per heavy atom. The monoisotopic (exact) mass is 374 g/mol. The van der Waals surface area contributed by atoms with Crippen molar-refractivity contribution < 1.29 is 19.1 Å². The molecule has 1 saturated heterocycles. The number of rotatable bonds is 4. The Kier molecular flexibility index (Phi) is 4.37. The molecule has 1 aromatic heterocycles. The number of ether oxygens (including phenoxy) is 2. The summed E-state index contributed by atoms with van der Waals surface area (Å²) in [5.74, 6) is 0.840. The van der Waals surface area contributed by atoms with E-state index < -0.39 is 0 Å². The molecule has 0 spiro atoms. The molecule has 8 nitrogen and oxygen atoms in total. The van der Waals surface area contributed by atoms with Crippen molar-refractivity contribution >= 4 is 34.0 Å². The second-order valence-corrected chi connectivity index (χ2v) is 7.06. The summed E-state index contributed by atoms with van der Waals surface area (Å²) in [6, 6.07) is 5.53. The van der Waals surface area contributed by atoms with Crippen LogP contribution in [0.4, 0.5) is 10.8 Å². The highest BCUT2D eigenvalue weighted by Crippen LogP contribution is 2.35. The Labute approximate surface area is 153 Å². The minimum absolute atomic E-state index is 0.122. The Hall–Kier alpha value is -2.81. The predicted octanol–water partition coefficient (Wildman–Crippen LogP) is 1.95. The number of nitrogens with two attached hydrogens (primary N) is 1. The second-order valence-electron chi connectivity index (χ2n) is 6.20. The van der Waals surface area contributed by atoms with Crippen molar-refractivity contribution in [2.45, 2.75) is 12.8 Å². The lowest BCUT2D eigenvalue weighted by atomic mass is 9.96. The molecule has 0 bridgehead atoms. The van der Waals surface area contributed by atoms with E-state index in [0.29, 0.717) is 48.3 Å². The summed E-state index contributed by atoms with van der Waals surface area (Å²) < 4.78 is 10.6. The standard InChI is InChI=1S/C17H18N4O4S/c18-15(22)10-3-5-21(6-4-10)16(23)12-8-26-17(20-12)19-11-1-2-13-14(7-11)25-9-24-13/h1-2,7-8,10H,3-6,9H2,(H2,18,22)(H,19,20). The molecule has 1 aromatic carbocycles. The van der Waals surface area contributed by atoms with Gasteiger partial charge in [0.05, 0.1) is 0 Å². The highest BCUT2D eigenvalue weighted by Gasteiger charge is 2.27. The molecule has 0 atom stereocenters. The predicted molar refractivity (Wildman–Crippen MR) is 95.8 cm³/mol. The lowest BCUT2D eigenvalue weighted by Crippen LogP contribution is -2.41. The van der Waals surface area contributed by atoms with Crippen LogP contribution in [-0.4, -0.2) is 41.6 Å². The van der Waals surface area contributed by atoms with E-state index in [1.807, 2.05) is 18.2 Å². The number of carbonyl (C=O) groups excluding carboxylic acids is 2. The molecule has 0 radical (unpaired) electrons. The molecule has 9 heteroatoms. The zero-order valence-electron chi connectivity index (χ0n) is 13.9. The van der Waals surface area contributed by atoms with Gasteiger partial charge in [0.25, 0.3) is 5.91 Å². The highest BCUT2D eigenvalue weighted by molar-refractivity contribution is 7.14. The van der Waals surface area contributed by atoms with E-state index in [0.717, 1.165) is 5.69 Å². The van der Waals surface area contributed by atoms with E-state index in [4.69, 9.17) is 15.2 Å². The van der Waals surface area contributed by atoms with Crippen LogP contribution in [0.1, 0.15) is 23.3 Å². The zero-order chi connectivity index (χ0) is 18.1. The molecule has 2 aromatic rings. The summed E-state index contributed by atoms with van der Waals surface area (Å²) in [6.45, 7) is 1.27. The van der Waals surface area contributed by atoms with Crippen LogP contribution in [0.15, 0.2) is 23.6 Å². The van der Waals surface area contributed by atoms with E-state index in [1.165, 1.54) is 11.3 Å². The minimum atomic E-state index is -0.291. The molecular weight excluding hydrogens is 356 g/mol. The number of primary amides is 1. The van der Waals surface area contributed by atoms with Crippen molar-refractivity contribution in [3.8, 4) is 11.5 Å². The first-order valence-corrected chi connectivity index (χ1v) is 9.19. The number of nitrogens with one attached hydrogen (secondary N) is 1. The number of hydrogen-bond acceptors (Lipinski definition) is 7. The fourth-order valence-corrected chi connectivity index (χ4v) is 3.76. The van der Waals surface area contributed by atoms with E-state index in [2.05, 4.69) is 10.3 Å². The van der Waals surface area contributed by atoms with Gasteiger partial charge in [-0.1, -0.05) is 0 Å². The van der Waals surface area contributed by atoms with Crippen molar-refractivity contribution in [2.24, 2.45) is 11.7 Å². The molecule has 2 aliphatic rings. The third kappa shape index (κ3) is 3.30. The van der Waals surface area contributed by atoms with E-state index in [-0.39, 0.29) is 24.5 Å². The third-order valence-corrected chi connectivity index (χ3v) is 5.29. The van der Waals surface area contributed by atoms with Crippen molar-refractivity contribution in [1.82, 2.24) is 9.88 Å². The van der Waals surface area contributed by atoms with Crippen LogP contribution in [0.5, 0.6) is 11.5 Å². The van der Waals surface area contributed by atoms with Crippen LogP contribution >= 0.6 is 11.3 Å². The molecule has 2 amide bonds. The first kappa shape index (κ1) is 16.6. The van der Waals surface area contributed by atoms with Crippen molar-refractivity contribution in [1.29, 1.82) is 0 Å². The molecule has 0 aliphatic carbocycles. The number of benzene rings is 1. The van der Waals surface area contributed by atoms with Gasteiger partial charge in [0.2, 0.25) is 12.7 Å². The van der Waals surface area contributed by atoms with Gasteiger partial charge in [0.1, 0.15) is 5.69 Å². The van der Waals surface area contributed by atoms with Gasteiger partial charge in [-0.25, -0.2) is 4.98 Å². The fraction of sp³-hybridized carbons (Fsp3) is 0.353. The summed E-state index contributed by atoms with van der Waals surface area (Å²) >= 11 is 1.36. The lowest BCUT2D eigenvalue weighted by Gasteiger charge is -2.30. The van der Waals surface area contributed by atoms with Crippen LogP contribution in [0.25, 0.3) is 0 Å². The molecule has 3 heterocycles. The van der Waals surface area contributed by atoms with Gasteiger partial charge in [-0.15, -0.1) is 11.3 Å². The van der Waals surface area contributed by atoms with Gasteiger partial charge in [0, 0.05) is 36.1 Å². The minimum Gasteiger partial charge on any atom is -0.454 e. The van der Waals surface area contributed by atoms with Gasteiger partial charge in [-0.3, -0.25) is 9.59 Å². The van der Waals surface area contributed by atoms with E-state index >= 15 is 0 Å². The van der Waals surface area contributed by atoms with Gasteiger partial charge in [-0.05, 0) is 25.0 Å². The quantitative estimate of drug-likeness (QED) is 0.847. The fourth-order valence-electron chi connectivity index (χ4n) is 3.06. The smallest absolute Gasteiger partial charge is 0.273 e. The number of nitrogens with zero attached hydrogens (tertiary/aromatic N) is 2. The molecule has 1 fully saturated rings. The SMILES string of the molecule is NC(=O)C1CCN(C(=O)c2csc(Nc3ccc4c(c3)OCO4)n2)CC1. The van der Waals surface area contributed by atoms with Gasteiger partial charge in [0.15, 0.2) is 16.6 Å². The normalized spacial score (nSPS) is 16.5. The topological polar surface area (TPSA) is 107 Å². The average molecular weight is 374 g/mol. The molecule has 2 aliphatic heterocycles. The molecule has 136 valence electrons. The Morgan fingerprint density at radius 3 is 2.77 bits per heavy atom. The van der Waals surface area contributed by atoms with Gasteiger partial charge in [-0.2, -0.15) is 0 Å². The van der Waals surface area contributed by atoms with Crippen molar-refractivity contribution in [3.63, 3.8) is 0 Å². The number of fused-ring (bicyclic) bond motifs is 1. The van der Waals surface area contributed by atoms with Crippen LogP contribution in [0, 0.1) is 5.92 Å². The summed E-state index contributed by atoms with van der Waals surface area (Å²) in [5.41, 5.74) is 6.54. The maximum atomic E-state index is 12.6. The maximum absolute atomic E-state index is 12.6. The number of thiazole rings is 1. The number of aromatic nitrogens is 1. The molecule has 0 unspecified atom stereocenters. The highest BCUT2D eigenvalue weighted by atomic mass is 32.1. The molecule has 3 N–H and O–H groups in total. The van der Waals surface area contributed by atoms with Crippen LogP contribution in [-0.2, 0) is 4.79 Å². The van der Waals surface area contributed by atoms with Crippen LogP contribution in [0.3, 0.4) is 0 Å². The Bertz CT molecular complexity index is 845.